The van der Waals surface area contributed by atoms with Crippen molar-refractivity contribution in [3.8, 4) is 0 Å². The van der Waals surface area contributed by atoms with Crippen molar-refractivity contribution in [2.75, 3.05) is 5.75 Å². The van der Waals surface area contributed by atoms with Crippen molar-refractivity contribution in [1.29, 1.82) is 0 Å². The molecule has 2 aromatic carbocycles. The van der Waals surface area contributed by atoms with Gasteiger partial charge in [-0.05, 0) is 37.3 Å². The Morgan fingerprint density at radius 1 is 1.15 bits per heavy atom. The number of fused-ring (bicyclic) bond motifs is 2. The summed E-state index contributed by atoms with van der Waals surface area (Å²) in [5, 5.41) is 11.3. The second kappa shape index (κ2) is 8.30. The average molecular weight is 471 g/mol. The maximum atomic E-state index is 12.6. The number of aromatic nitrogens is 4. The van der Waals surface area contributed by atoms with Gasteiger partial charge < -0.3 is 20.0 Å². The molecule has 1 amide bonds. The van der Waals surface area contributed by atoms with Crippen molar-refractivity contribution in [3.05, 3.63) is 59.7 Å². The number of aliphatic carboxylic acids is 1. The van der Waals surface area contributed by atoms with Crippen molar-refractivity contribution < 1.29 is 27.7 Å². The van der Waals surface area contributed by atoms with Crippen LogP contribution in [0, 0.1) is 0 Å². The van der Waals surface area contributed by atoms with Crippen LogP contribution in [0.1, 0.15) is 34.8 Å². The number of carboxylic acids is 1. The highest BCUT2D eigenvalue weighted by Gasteiger charge is 2.27. The fourth-order valence-electron chi connectivity index (χ4n) is 3.66. The van der Waals surface area contributed by atoms with Crippen LogP contribution in [0.3, 0.4) is 0 Å². The molecule has 0 radical (unpaired) electrons. The molecule has 4 N–H and O–H groups in total. The maximum absolute atomic E-state index is 12.6. The van der Waals surface area contributed by atoms with Crippen molar-refractivity contribution in [1.82, 2.24) is 24.8 Å². The van der Waals surface area contributed by atoms with E-state index in [4.69, 9.17) is 9.66 Å². The number of aryl methyl sites for hydroxylation is 1. The molecule has 0 fully saturated rings. The fraction of sp³-hybridized carbons (Fsp3) is 0.238. The topological polar surface area (TPSA) is 167 Å². The quantitative estimate of drug-likeness (QED) is 0.295. The summed E-state index contributed by atoms with van der Waals surface area (Å²) in [6.45, 7) is 1.96. The number of aromatic amines is 1. The number of hydrogen-bond donors (Lipinski definition) is 4. The number of nitrogens with zero attached hydrogens (tertiary/aromatic N) is 3. The van der Waals surface area contributed by atoms with Crippen LogP contribution in [0.25, 0.3) is 22.1 Å². The summed E-state index contributed by atoms with van der Waals surface area (Å²) in [5.74, 6) is -2.25. The number of carboxylic acid groups (broad SMARTS) is 1. The second-order valence-electron chi connectivity index (χ2n) is 7.71. The van der Waals surface area contributed by atoms with Crippen molar-refractivity contribution >= 4 is 44.1 Å². The van der Waals surface area contributed by atoms with Gasteiger partial charge in [0.1, 0.15) is 23.4 Å². The Labute approximate surface area is 188 Å². The number of hydrogen-bond acceptors (Lipinski definition) is 6. The van der Waals surface area contributed by atoms with Gasteiger partial charge in [-0.1, -0.05) is 12.1 Å². The smallest absolute Gasteiger partial charge is 0.327 e. The average Bonchev–Trinajstić information content (AvgIpc) is 3.33. The first-order valence-corrected chi connectivity index (χ1v) is 11.5. The lowest BCUT2D eigenvalue weighted by Gasteiger charge is -2.13. The molecule has 0 bridgehead atoms. The summed E-state index contributed by atoms with van der Waals surface area (Å²) < 4.78 is 32.8. The molecular formula is C21H21N5O6S. The van der Waals surface area contributed by atoms with Gasteiger partial charge in [0.25, 0.3) is 16.0 Å². The van der Waals surface area contributed by atoms with E-state index in [0.29, 0.717) is 16.9 Å². The Morgan fingerprint density at radius 2 is 1.88 bits per heavy atom. The minimum atomic E-state index is -4.60. The summed E-state index contributed by atoms with van der Waals surface area (Å²) in [4.78, 5) is 36.4. The SMILES string of the molecule is CC(c1nc2ccccc2[nH]1)c1nc2ccc(C(=O)NC(CS(=O)(=O)O)C(=O)O)cc2n1C. The summed E-state index contributed by atoms with van der Waals surface area (Å²) >= 11 is 0. The lowest BCUT2D eigenvalue weighted by Crippen LogP contribution is -2.45. The third-order valence-corrected chi connectivity index (χ3v) is 6.12. The number of benzene rings is 2. The van der Waals surface area contributed by atoms with Crippen LogP contribution in [-0.2, 0) is 22.0 Å². The van der Waals surface area contributed by atoms with Crippen molar-refractivity contribution in [2.24, 2.45) is 7.05 Å². The van der Waals surface area contributed by atoms with E-state index in [2.05, 4.69) is 20.3 Å². The highest BCUT2D eigenvalue weighted by molar-refractivity contribution is 7.85. The van der Waals surface area contributed by atoms with Gasteiger partial charge in [0.15, 0.2) is 0 Å². The molecule has 0 aliphatic heterocycles. The molecule has 2 atom stereocenters. The van der Waals surface area contributed by atoms with Crippen LogP contribution in [0.2, 0.25) is 0 Å². The number of rotatable bonds is 7. The van der Waals surface area contributed by atoms with E-state index in [9.17, 15) is 18.0 Å². The molecular weight excluding hydrogens is 450 g/mol. The van der Waals surface area contributed by atoms with Crippen LogP contribution < -0.4 is 5.32 Å². The number of amides is 1. The molecule has 2 aromatic heterocycles. The lowest BCUT2D eigenvalue weighted by molar-refractivity contribution is -0.138. The molecule has 4 rings (SSSR count). The van der Waals surface area contributed by atoms with E-state index in [1.807, 2.05) is 35.8 Å². The number of para-hydroxylation sites is 2. The van der Waals surface area contributed by atoms with Crippen LogP contribution in [0.4, 0.5) is 0 Å². The Morgan fingerprint density at radius 3 is 2.55 bits per heavy atom. The highest BCUT2D eigenvalue weighted by Crippen LogP contribution is 2.27. The normalized spacial score (nSPS) is 13.8. The van der Waals surface area contributed by atoms with Gasteiger partial charge in [-0.25, -0.2) is 14.8 Å². The second-order valence-corrected chi connectivity index (χ2v) is 9.20. The predicted molar refractivity (Wildman–Crippen MR) is 120 cm³/mol. The number of imidazole rings is 2. The standard InChI is InChI=1S/C21H21N5O6S/c1-11(18-22-13-5-3-4-6-14(13)23-18)19-24-15-8-7-12(9-17(15)26(19)2)20(27)25-16(21(28)29)10-33(30,31)32/h3-9,11,16H,10H2,1-2H3,(H,22,23)(H,25,27)(H,28,29)(H,30,31,32). The first-order chi connectivity index (χ1) is 15.5. The van der Waals surface area contributed by atoms with E-state index in [1.165, 1.54) is 6.07 Å². The molecule has 0 spiro atoms. The zero-order valence-corrected chi connectivity index (χ0v) is 18.5. The molecule has 12 heteroatoms. The predicted octanol–water partition coefficient (Wildman–Crippen LogP) is 1.67. The first kappa shape index (κ1) is 22.4. The molecule has 0 saturated heterocycles. The molecule has 2 heterocycles. The Hall–Kier alpha value is -3.77. The molecule has 0 aliphatic rings. The van der Waals surface area contributed by atoms with Gasteiger partial charge in [-0.3, -0.25) is 9.35 Å². The van der Waals surface area contributed by atoms with Crippen molar-refractivity contribution in [3.63, 3.8) is 0 Å². The molecule has 172 valence electrons. The summed E-state index contributed by atoms with van der Waals surface area (Å²) in [6.07, 6.45) is 0. The Kier molecular flexibility index (Phi) is 5.64. The largest absolute Gasteiger partial charge is 0.480 e. The monoisotopic (exact) mass is 471 g/mol. The summed E-state index contributed by atoms with van der Waals surface area (Å²) in [6, 6.07) is 10.5. The van der Waals surface area contributed by atoms with E-state index in [-0.39, 0.29) is 11.5 Å². The number of H-pyrrole nitrogens is 1. The highest BCUT2D eigenvalue weighted by atomic mass is 32.2. The fourth-order valence-corrected chi connectivity index (χ4v) is 4.31. The van der Waals surface area contributed by atoms with E-state index >= 15 is 0 Å². The molecule has 33 heavy (non-hydrogen) atoms. The Bertz CT molecular complexity index is 1460. The van der Waals surface area contributed by atoms with Gasteiger partial charge in [0, 0.05) is 12.6 Å². The van der Waals surface area contributed by atoms with Crippen molar-refractivity contribution in [2.45, 2.75) is 18.9 Å². The molecule has 11 nitrogen and oxygen atoms in total. The Balaban J connectivity index is 1.63. The number of carbonyl (C=O) groups is 2. The zero-order chi connectivity index (χ0) is 23.9. The third-order valence-electron chi connectivity index (χ3n) is 5.36. The lowest BCUT2D eigenvalue weighted by atomic mass is 10.1. The maximum Gasteiger partial charge on any atom is 0.327 e. The summed E-state index contributed by atoms with van der Waals surface area (Å²) in [7, 11) is -2.80. The van der Waals surface area contributed by atoms with Gasteiger partial charge in [-0.2, -0.15) is 8.42 Å². The van der Waals surface area contributed by atoms with Gasteiger partial charge in [-0.15, -0.1) is 0 Å². The molecule has 0 aliphatic carbocycles. The molecule has 4 aromatic rings. The van der Waals surface area contributed by atoms with Crippen LogP contribution in [0.15, 0.2) is 42.5 Å². The minimum absolute atomic E-state index is 0.120. The van der Waals surface area contributed by atoms with Crippen LogP contribution >= 0.6 is 0 Å². The van der Waals surface area contributed by atoms with E-state index in [1.54, 1.807) is 19.2 Å². The molecule has 2 unspecified atom stereocenters. The van der Waals surface area contributed by atoms with Gasteiger partial charge >= 0.3 is 5.97 Å². The zero-order valence-electron chi connectivity index (χ0n) is 17.7. The van der Waals surface area contributed by atoms with E-state index in [0.717, 1.165) is 16.9 Å². The van der Waals surface area contributed by atoms with Gasteiger partial charge in [0.05, 0.1) is 28.0 Å². The third kappa shape index (κ3) is 4.56. The van der Waals surface area contributed by atoms with Crippen LogP contribution in [0.5, 0.6) is 0 Å². The number of nitrogens with one attached hydrogen (secondary N) is 2. The minimum Gasteiger partial charge on any atom is -0.480 e. The first-order valence-electron chi connectivity index (χ1n) is 9.93. The van der Waals surface area contributed by atoms with Crippen LogP contribution in [-0.4, -0.2) is 61.3 Å². The summed E-state index contributed by atoms with van der Waals surface area (Å²) in [5.41, 5.74) is 3.13. The molecule has 0 saturated carbocycles. The van der Waals surface area contributed by atoms with E-state index < -0.39 is 33.8 Å². The van der Waals surface area contributed by atoms with Gasteiger partial charge in [0.2, 0.25) is 0 Å². The number of carbonyl (C=O) groups excluding carboxylic acids is 1.